The Bertz CT molecular complexity index is 1420. The Morgan fingerprint density at radius 2 is 1.74 bits per heavy atom. The summed E-state index contributed by atoms with van der Waals surface area (Å²) in [5.41, 5.74) is 4.19. The van der Waals surface area contributed by atoms with Gasteiger partial charge in [-0.15, -0.1) is 0 Å². The van der Waals surface area contributed by atoms with Crippen LogP contribution in [0.3, 0.4) is 0 Å². The van der Waals surface area contributed by atoms with E-state index < -0.39 is 0 Å². The van der Waals surface area contributed by atoms with Crippen LogP contribution < -0.4 is 9.47 Å². The molecule has 0 saturated carbocycles. The summed E-state index contributed by atoms with van der Waals surface area (Å²) in [5.74, 6) is 0.783. The summed E-state index contributed by atoms with van der Waals surface area (Å²) in [6.07, 6.45) is 1.84. The van der Waals surface area contributed by atoms with E-state index in [-0.39, 0.29) is 11.9 Å². The zero-order valence-corrected chi connectivity index (χ0v) is 25.2. The summed E-state index contributed by atoms with van der Waals surface area (Å²) >= 11 is 3.53. The lowest BCUT2D eigenvalue weighted by Gasteiger charge is -2.15. The SMILES string of the molecule is CCOC(=O)c1ccc(N=C2S/C(=C\c3cc(I)c(OCc4ccc(C)cc4)c(OCC)c3)C(=O)N2C)cc1. The summed E-state index contributed by atoms with van der Waals surface area (Å²) in [7, 11) is 1.69. The summed E-state index contributed by atoms with van der Waals surface area (Å²) in [5, 5.41) is 0.549. The number of amides is 1. The van der Waals surface area contributed by atoms with Crippen LogP contribution in [-0.2, 0) is 16.1 Å². The Morgan fingerprint density at radius 1 is 1.03 bits per heavy atom. The molecule has 0 spiro atoms. The summed E-state index contributed by atoms with van der Waals surface area (Å²) in [6.45, 7) is 6.97. The average Bonchev–Trinajstić information content (AvgIpc) is 3.17. The first-order valence-corrected chi connectivity index (χ1v) is 14.4. The number of amidine groups is 1. The lowest BCUT2D eigenvalue weighted by atomic mass is 10.1. The fraction of sp³-hybridized carbons (Fsp3) is 0.233. The van der Waals surface area contributed by atoms with E-state index in [1.807, 2.05) is 25.1 Å². The van der Waals surface area contributed by atoms with Gasteiger partial charge >= 0.3 is 5.97 Å². The number of hydrogen-bond donors (Lipinski definition) is 0. The molecule has 0 N–H and O–H groups in total. The van der Waals surface area contributed by atoms with Crippen LogP contribution in [0.15, 0.2) is 70.6 Å². The van der Waals surface area contributed by atoms with Gasteiger partial charge in [0.2, 0.25) is 0 Å². The maximum Gasteiger partial charge on any atom is 0.338 e. The van der Waals surface area contributed by atoms with Gasteiger partial charge in [-0.3, -0.25) is 9.69 Å². The molecule has 0 radical (unpaired) electrons. The van der Waals surface area contributed by atoms with Crippen LogP contribution in [0.4, 0.5) is 5.69 Å². The minimum Gasteiger partial charge on any atom is -0.490 e. The molecule has 1 aliphatic rings. The van der Waals surface area contributed by atoms with Gasteiger partial charge in [0.25, 0.3) is 5.91 Å². The van der Waals surface area contributed by atoms with Gasteiger partial charge in [0.05, 0.1) is 32.9 Å². The van der Waals surface area contributed by atoms with Crippen molar-refractivity contribution in [3.8, 4) is 11.5 Å². The van der Waals surface area contributed by atoms with E-state index >= 15 is 0 Å². The Labute approximate surface area is 246 Å². The molecule has 3 aromatic rings. The highest BCUT2D eigenvalue weighted by molar-refractivity contribution is 14.1. The molecule has 3 aromatic carbocycles. The van der Waals surface area contributed by atoms with Gasteiger partial charge in [0, 0.05) is 7.05 Å². The number of thioether (sulfide) groups is 1. The third-order valence-corrected chi connectivity index (χ3v) is 7.60. The smallest absolute Gasteiger partial charge is 0.338 e. The summed E-state index contributed by atoms with van der Waals surface area (Å²) < 4.78 is 18.0. The first-order valence-electron chi connectivity index (χ1n) is 12.5. The lowest BCUT2D eigenvalue weighted by molar-refractivity contribution is -0.121. The van der Waals surface area contributed by atoms with Gasteiger partial charge in [0.15, 0.2) is 16.7 Å². The van der Waals surface area contributed by atoms with Crippen molar-refractivity contribution < 1.29 is 23.8 Å². The lowest BCUT2D eigenvalue weighted by Crippen LogP contribution is -2.23. The number of likely N-dealkylation sites (N-methyl/N-ethyl adjacent to an activating group) is 1. The van der Waals surface area contributed by atoms with Crippen molar-refractivity contribution in [1.82, 2.24) is 4.90 Å². The number of nitrogens with zero attached hydrogens (tertiary/aromatic N) is 2. The number of carbonyl (C=O) groups excluding carboxylic acids is 2. The molecule has 1 fully saturated rings. The molecule has 0 unspecified atom stereocenters. The number of aryl methyl sites for hydroxylation is 1. The molecule has 1 heterocycles. The number of rotatable bonds is 9. The second-order valence-electron chi connectivity index (χ2n) is 8.67. The van der Waals surface area contributed by atoms with Crippen molar-refractivity contribution in [1.29, 1.82) is 0 Å². The van der Waals surface area contributed by atoms with Crippen LogP contribution in [0.1, 0.15) is 40.9 Å². The third kappa shape index (κ3) is 7.21. The second-order valence-corrected chi connectivity index (χ2v) is 10.8. The van der Waals surface area contributed by atoms with Crippen molar-refractivity contribution in [3.05, 3.63) is 91.4 Å². The Balaban J connectivity index is 1.54. The van der Waals surface area contributed by atoms with E-state index in [9.17, 15) is 9.59 Å². The number of carbonyl (C=O) groups is 2. The molecular weight excluding hydrogens is 627 g/mol. The highest BCUT2D eigenvalue weighted by Crippen LogP contribution is 2.38. The number of aliphatic imine (C=N–C) groups is 1. The molecule has 0 atom stereocenters. The van der Waals surface area contributed by atoms with Gasteiger partial charge in [-0.2, -0.15) is 0 Å². The van der Waals surface area contributed by atoms with E-state index in [4.69, 9.17) is 14.2 Å². The fourth-order valence-corrected chi connectivity index (χ4v) is 5.48. The van der Waals surface area contributed by atoms with E-state index in [2.05, 4.69) is 58.8 Å². The number of hydrogen-bond acceptors (Lipinski definition) is 7. The molecule has 9 heteroatoms. The van der Waals surface area contributed by atoms with E-state index in [0.717, 1.165) is 14.7 Å². The molecule has 4 rings (SSSR count). The van der Waals surface area contributed by atoms with Gasteiger partial charge in [-0.05, 0) is 109 Å². The largest absolute Gasteiger partial charge is 0.490 e. The monoisotopic (exact) mass is 656 g/mol. The zero-order valence-electron chi connectivity index (χ0n) is 22.2. The minimum absolute atomic E-state index is 0.144. The van der Waals surface area contributed by atoms with Gasteiger partial charge in [0.1, 0.15) is 6.61 Å². The quantitative estimate of drug-likeness (QED) is 0.141. The van der Waals surface area contributed by atoms with Crippen LogP contribution in [0, 0.1) is 10.5 Å². The highest BCUT2D eigenvalue weighted by Gasteiger charge is 2.30. The molecule has 7 nitrogen and oxygen atoms in total. The molecule has 0 bridgehead atoms. The van der Waals surface area contributed by atoms with Gasteiger partial charge in [-0.25, -0.2) is 9.79 Å². The van der Waals surface area contributed by atoms with Gasteiger partial charge < -0.3 is 14.2 Å². The van der Waals surface area contributed by atoms with Crippen molar-refractivity contribution in [2.24, 2.45) is 4.99 Å². The maximum absolute atomic E-state index is 13.0. The van der Waals surface area contributed by atoms with Crippen LogP contribution in [-0.4, -0.2) is 42.2 Å². The van der Waals surface area contributed by atoms with Crippen molar-refractivity contribution in [2.45, 2.75) is 27.4 Å². The fourth-order valence-electron chi connectivity index (χ4n) is 3.71. The van der Waals surface area contributed by atoms with Crippen molar-refractivity contribution in [2.75, 3.05) is 20.3 Å². The molecule has 39 heavy (non-hydrogen) atoms. The van der Waals surface area contributed by atoms with Crippen molar-refractivity contribution in [3.63, 3.8) is 0 Å². The Kier molecular flexibility index (Phi) is 9.68. The maximum atomic E-state index is 13.0. The molecule has 1 aliphatic heterocycles. The standard InChI is InChI=1S/C30H29IN2O5S/c1-5-36-25-16-21(15-24(31)27(25)38-18-20-9-7-19(3)8-10-20)17-26-28(34)33(4)30(39-26)32-23-13-11-22(12-14-23)29(35)37-6-2/h7-17H,5-6,18H2,1-4H3/b26-17-,32-30?. The van der Waals surface area contributed by atoms with Gasteiger partial charge in [-0.1, -0.05) is 29.8 Å². The van der Waals surface area contributed by atoms with Crippen LogP contribution in [0.2, 0.25) is 0 Å². The third-order valence-electron chi connectivity index (χ3n) is 5.74. The Morgan fingerprint density at radius 3 is 2.41 bits per heavy atom. The Hall–Kier alpha value is -3.31. The highest BCUT2D eigenvalue weighted by atomic mass is 127. The topological polar surface area (TPSA) is 77.4 Å². The molecule has 1 saturated heterocycles. The summed E-state index contributed by atoms with van der Waals surface area (Å²) in [4.78, 5) is 31.6. The average molecular weight is 657 g/mol. The van der Waals surface area contributed by atoms with E-state index in [1.165, 1.54) is 22.2 Å². The van der Waals surface area contributed by atoms with E-state index in [1.54, 1.807) is 38.2 Å². The molecular formula is C30H29IN2O5S. The molecule has 0 aromatic heterocycles. The molecule has 0 aliphatic carbocycles. The molecule has 1 amide bonds. The number of halogens is 1. The number of ether oxygens (including phenoxy) is 3. The predicted octanol–water partition coefficient (Wildman–Crippen LogP) is 6.99. The first-order chi connectivity index (χ1) is 18.8. The van der Waals surface area contributed by atoms with E-state index in [0.29, 0.717) is 52.6 Å². The first kappa shape index (κ1) is 28.7. The van der Waals surface area contributed by atoms with Crippen LogP contribution in [0.25, 0.3) is 6.08 Å². The number of benzene rings is 3. The number of esters is 1. The molecule has 202 valence electrons. The minimum atomic E-state index is -0.378. The van der Waals surface area contributed by atoms with Crippen LogP contribution >= 0.6 is 34.4 Å². The second kappa shape index (κ2) is 13.2. The summed E-state index contributed by atoms with van der Waals surface area (Å²) in [6, 6.07) is 18.9. The predicted molar refractivity (Wildman–Crippen MR) is 164 cm³/mol. The van der Waals surface area contributed by atoms with Crippen molar-refractivity contribution >= 4 is 63.2 Å². The zero-order chi connectivity index (χ0) is 27.9. The van der Waals surface area contributed by atoms with Crippen LogP contribution in [0.5, 0.6) is 11.5 Å². The normalized spacial score (nSPS) is 15.2.